The van der Waals surface area contributed by atoms with Crippen molar-refractivity contribution in [2.45, 2.75) is 18.8 Å². The SMILES string of the molecule is CC(Cc1ccccc1)(C(=O)Cl)c1ccc(Cl)cc1Cl. The molecule has 0 aliphatic carbocycles. The first-order chi connectivity index (χ1) is 9.43. The molecule has 0 amide bonds. The molecule has 0 radical (unpaired) electrons. The van der Waals surface area contributed by atoms with Crippen LogP contribution < -0.4 is 0 Å². The summed E-state index contributed by atoms with van der Waals surface area (Å²) in [5, 5.41) is 0.540. The maximum absolute atomic E-state index is 12.0. The second kappa shape index (κ2) is 6.17. The van der Waals surface area contributed by atoms with E-state index in [9.17, 15) is 4.79 Å². The van der Waals surface area contributed by atoms with Crippen LogP contribution in [0.3, 0.4) is 0 Å². The van der Waals surface area contributed by atoms with Crippen LogP contribution in [-0.2, 0) is 16.6 Å². The molecule has 0 bridgehead atoms. The van der Waals surface area contributed by atoms with Crippen LogP contribution in [0, 0.1) is 0 Å². The lowest BCUT2D eigenvalue weighted by Crippen LogP contribution is -2.32. The van der Waals surface area contributed by atoms with Gasteiger partial charge >= 0.3 is 0 Å². The molecule has 0 saturated heterocycles. The van der Waals surface area contributed by atoms with E-state index in [2.05, 4.69) is 0 Å². The first kappa shape index (κ1) is 15.4. The summed E-state index contributed by atoms with van der Waals surface area (Å²) < 4.78 is 0. The molecule has 0 aliphatic heterocycles. The molecule has 0 spiro atoms. The number of benzene rings is 2. The summed E-state index contributed by atoms with van der Waals surface area (Å²) in [5.41, 5.74) is 0.826. The minimum absolute atomic E-state index is 0.439. The van der Waals surface area contributed by atoms with Gasteiger partial charge in [-0.05, 0) is 48.2 Å². The van der Waals surface area contributed by atoms with E-state index in [0.717, 1.165) is 5.56 Å². The first-order valence-electron chi connectivity index (χ1n) is 6.13. The maximum Gasteiger partial charge on any atom is 0.232 e. The van der Waals surface area contributed by atoms with Gasteiger partial charge in [-0.3, -0.25) is 4.79 Å². The minimum atomic E-state index is -0.884. The highest BCUT2D eigenvalue weighted by atomic mass is 35.5. The zero-order valence-corrected chi connectivity index (χ0v) is 13.1. The molecule has 0 aromatic heterocycles. The predicted molar refractivity (Wildman–Crippen MR) is 84.8 cm³/mol. The Labute approximate surface area is 133 Å². The first-order valence-corrected chi connectivity index (χ1v) is 7.26. The second-order valence-electron chi connectivity index (χ2n) is 4.89. The average molecular weight is 328 g/mol. The van der Waals surface area contributed by atoms with Crippen LogP contribution in [0.1, 0.15) is 18.1 Å². The summed E-state index contributed by atoms with van der Waals surface area (Å²) >= 11 is 18.0. The van der Waals surface area contributed by atoms with E-state index in [-0.39, 0.29) is 0 Å². The average Bonchev–Trinajstić information content (AvgIpc) is 2.39. The van der Waals surface area contributed by atoms with Crippen LogP contribution in [0.5, 0.6) is 0 Å². The Balaban J connectivity index is 2.47. The molecule has 1 atom stereocenters. The standard InChI is InChI=1S/C16H13Cl3O/c1-16(15(19)20,10-11-5-3-2-4-6-11)13-8-7-12(17)9-14(13)18/h2-9H,10H2,1H3. The highest BCUT2D eigenvalue weighted by molar-refractivity contribution is 6.65. The molecule has 0 saturated carbocycles. The molecule has 4 heteroatoms. The number of hydrogen-bond acceptors (Lipinski definition) is 1. The van der Waals surface area contributed by atoms with Crippen LogP contribution in [0.25, 0.3) is 0 Å². The molecule has 1 nitrogen and oxygen atoms in total. The molecule has 0 N–H and O–H groups in total. The fourth-order valence-electron chi connectivity index (χ4n) is 2.21. The Bertz CT molecular complexity index is 625. The molecule has 2 rings (SSSR count). The van der Waals surface area contributed by atoms with E-state index in [4.69, 9.17) is 34.8 Å². The summed E-state index contributed by atoms with van der Waals surface area (Å²) in [7, 11) is 0. The number of carbonyl (C=O) groups excluding carboxylic acids is 1. The summed E-state index contributed by atoms with van der Waals surface area (Å²) in [5.74, 6) is 0. The van der Waals surface area contributed by atoms with Crippen molar-refractivity contribution >= 4 is 40.0 Å². The van der Waals surface area contributed by atoms with Crippen molar-refractivity contribution in [1.29, 1.82) is 0 Å². The van der Waals surface area contributed by atoms with Gasteiger partial charge in [-0.25, -0.2) is 0 Å². The Morgan fingerprint density at radius 1 is 1.10 bits per heavy atom. The zero-order chi connectivity index (χ0) is 14.8. The van der Waals surface area contributed by atoms with Gasteiger partial charge in [0, 0.05) is 10.0 Å². The maximum atomic E-state index is 12.0. The molecule has 104 valence electrons. The fraction of sp³-hybridized carbons (Fsp3) is 0.188. The summed E-state index contributed by atoms with van der Waals surface area (Å²) in [6, 6.07) is 14.8. The Kier molecular flexibility index (Phi) is 4.74. The minimum Gasteiger partial charge on any atom is -0.280 e. The number of rotatable bonds is 4. The summed E-state index contributed by atoms with van der Waals surface area (Å²) in [6.45, 7) is 1.80. The Morgan fingerprint density at radius 3 is 2.30 bits per heavy atom. The number of halogens is 3. The van der Waals surface area contributed by atoms with Crippen molar-refractivity contribution in [2.75, 3.05) is 0 Å². The molecule has 2 aromatic carbocycles. The highest BCUT2D eigenvalue weighted by Gasteiger charge is 2.35. The third kappa shape index (κ3) is 3.17. The van der Waals surface area contributed by atoms with Crippen LogP contribution in [-0.4, -0.2) is 5.24 Å². The zero-order valence-electron chi connectivity index (χ0n) is 10.9. The van der Waals surface area contributed by atoms with E-state index in [1.165, 1.54) is 0 Å². The van der Waals surface area contributed by atoms with Crippen molar-refractivity contribution in [2.24, 2.45) is 0 Å². The Hall–Kier alpha value is -1.02. The summed E-state index contributed by atoms with van der Waals surface area (Å²) in [6.07, 6.45) is 0.484. The monoisotopic (exact) mass is 326 g/mol. The lowest BCUT2D eigenvalue weighted by molar-refractivity contribution is -0.116. The smallest absolute Gasteiger partial charge is 0.232 e. The quantitative estimate of drug-likeness (QED) is 0.700. The molecule has 0 fully saturated rings. The van der Waals surface area contributed by atoms with E-state index in [1.54, 1.807) is 25.1 Å². The lowest BCUT2D eigenvalue weighted by atomic mass is 9.78. The van der Waals surface area contributed by atoms with Gasteiger partial charge in [0.25, 0.3) is 0 Å². The van der Waals surface area contributed by atoms with Gasteiger partial charge in [0.1, 0.15) is 0 Å². The number of hydrogen-bond donors (Lipinski definition) is 0. The van der Waals surface area contributed by atoms with E-state index in [1.807, 2.05) is 30.3 Å². The van der Waals surface area contributed by atoms with Crippen molar-refractivity contribution in [3.05, 3.63) is 69.7 Å². The van der Waals surface area contributed by atoms with Gasteiger partial charge in [-0.2, -0.15) is 0 Å². The molecular formula is C16H13Cl3O. The summed E-state index contributed by atoms with van der Waals surface area (Å²) in [4.78, 5) is 12.0. The van der Waals surface area contributed by atoms with Gasteiger partial charge in [-0.1, -0.05) is 59.6 Å². The van der Waals surface area contributed by atoms with Crippen molar-refractivity contribution in [3.8, 4) is 0 Å². The van der Waals surface area contributed by atoms with Crippen LogP contribution >= 0.6 is 34.8 Å². The van der Waals surface area contributed by atoms with E-state index < -0.39 is 10.7 Å². The van der Waals surface area contributed by atoms with Crippen LogP contribution in [0.2, 0.25) is 10.0 Å². The van der Waals surface area contributed by atoms with Crippen LogP contribution in [0.15, 0.2) is 48.5 Å². The molecule has 0 heterocycles. The molecular weight excluding hydrogens is 315 g/mol. The van der Waals surface area contributed by atoms with Crippen molar-refractivity contribution in [3.63, 3.8) is 0 Å². The third-order valence-electron chi connectivity index (χ3n) is 3.36. The normalized spacial score (nSPS) is 13.8. The fourth-order valence-corrected chi connectivity index (χ4v) is 3.00. The second-order valence-corrected chi connectivity index (χ2v) is 6.08. The van der Waals surface area contributed by atoms with Gasteiger partial charge in [0.05, 0.1) is 5.41 Å². The topological polar surface area (TPSA) is 17.1 Å². The van der Waals surface area contributed by atoms with E-state index in [0.29, 0.717) is 22.0 Å². The van der Waals surface area contributed by atoms with Crippen molar-refractivity contribution < 1.29 is 4.79 Å². The number of carbonyl (C=O) groups is 1. The van der Waals surface area contributed by atoms with Gasteiger partial charge in [0.2, 0.25) is 5.24 Å². The van der Waals surface area contributed by atoms with E-state index >= 15 is 0 Å². The lowest BCUT2D eigenvalue weighted by Gasteiger charge is -2.27. The largest absolute Gasteiger partial charge is 0.280 e. The molecule has 2 aromatic rings. The molecule has 0 aliphatic rings. The van der Waals surface area contributed by atoms with Crippen molar-refractivity contribution in [1.82, 2.24) is 0 Å². The highest BCUT2D eigenvalue weighted by Crippen LogP contribution is 2.36. The predicted octanol–water partition coefficient (Wildman–Crippen LogP) is 5.26. The van der Waals surface area contributed by atoms with Gasteiger partial charge < -0.3 is 0 Å². The molecule has 20 heavy (non-hydrogen) atoms. The third-order valence-corrected chi connectivity index (χ3v) is 4.32. The Morgan fingerprint density at radius 2 is 1.75 bits per heavy atom. The molecule has 1 unspecified atom stereocenters. The van der Waals surface area contributed by atoms with Gasteiger partial charge in [0.15, 0.2) is 0 Å². The van der Waals surface area contributed by atoms with Gasteiger partial charge in [-0.15, -0.1) is 0 Å². The van der Waals surface area contributed by atoms with Crippen LogP contribution in [0.4, 0.5) is 0 Å².